The molecule has 0 fully saturated rings. The molecule has 36 heavy (non-hydrogen) atoms. The van der Waals surface area contributed by atoms with Gasteiger partial charge in [-0.1, -0.05) is 153 Å². The number of allylic oxidation sites excluding steroid dienone is 6. The summed E-state index contributed by atoms with van der Waals surface area (Å²) in [5.74, 6) is 0.0112. The molecular weight excluding hydrogens is 440 g/mol. The number of rotatable bonds is 28. The van der Waals surface area contributed by atoms with Crippen molar-refractivity contribution in [3.63, 3.8) is 0 Å². The van der Waals surface area contributed by atoms with E-state index in [0.717, 1.165) is 32.1 Å². The number of carbonyl (C=O) groups is 1. The monoisotopic (exact) mass is 502 g/mol. The third-order valence-electron chi connectivity index (χ3n) is 6.79. The first-order chi connectivity index (χ1) is 17.8. The fraction of sp³-hybridized carbons (Fsp3) is 0.794. The van der Waals surface area contributed by atoms with Crippen molar-refractivity contribution >= 4 is 5.97 Å². The highest BCUT2D eigenvalue weighted by Gasteiger charge is 2.02. The molecule has 0 aromatic heterocycles. The molecule has 0 aliphatic rings. The minimum atomic E-state index is 0.0112. The average Bonchev–Trinajstić information content (AvgIpc) is 2.88. The van der Waals surface area contributed by atoms with Crippen molar-refractivity contribution in [2.24, 2.45) is 0 Å². The van der Waals surface area contributed by atoms with Crippen LogP contribution in [0.3, 0.4) is 0 Å². The van der Waals surface area contributed by atoms with Crippen molar-refractivity contribution in [3.05, 3.63) is 36.5 Å². The van der Waals surface area contributed by atoms with Crippen LogP contribution in [0.4, 0.5) is 0 Å². The first-order valence-electron chi connectivity index (χ1n) is 15.9. The molecule has 0 radical (unpaired) electrons. The second-order valence-electron chi connectivity index (χ2n) is 10.4. The summed E-state index contributed by atoms with van der Waals surface area (Å²) >= 11 is 0. The Morgan fingerprint density at radius 1 is 0.500 bits per heavy atom. The van der Waals surface area contributed by atoms with Crippen molar-refractivity contribution < 1.29 is 9.53 Å². The van der Waals surface area contributed by atoms with Crippen LogP contribution in [0.25, 0.3) is 0 Å². The van der Waals surface area contributed by atoms with E-state index in [1.807, 2.05) is 0 Å². The molecule has 0 aromatic rings. The molecule has 0 N–H and O–H groups in total. The van der Waals surface area contributed by atoms with E-state index < -0.39 is 0 Å². The van der Waals surface area contributed by atoms with Gasteiger partial charge in [-0.15, -0.1) is 0 Å². The van der Waals surface area contributed by atoms with Gasteiger partial charge in [0.25, 0.3) is 0 Å². The number of unbranched alkanes of at least 4 members (excludes halogenated alkanes) is 18. The van der Waals surface area contributed by atoms with Gasteiger partial charge in [-0.3, -0.25) is 4.79 Å². The Morgan fingerprint density at radius 2 is 0.944 bits per heavy atom. The first kappa shape index (κ1) is 34.7. The SMILES string of the molecule is CC/C=C\C/C=C\C/C=C\CCCCCCCCOC(=O)CCCCCCCCCCCCCCC. The van der Waals surface area contributed by atoms with E-state index in [4.69, 9.17) is 4.74 Å². The quantitative estimate of drug-likeness (QED) is 0.0604. The van der Waals surface area contributed by atoms with Gasteiger partial charge < -0.3 is 4.74 Å². The zero-order valence-corrected chi connectivity index (χ0v) is 24.5. The Hall–Kier alpha value is -1.31. The largest absolute Gasteiger partial charge is 0.466 e. The maximum Gasteiger partial charge on any atom is 0.305 e. The smallest absolute Gasteiger partial charge is 0.305 e. The molecule has 0 amide bonds. The van der Waals surface area contributed by atoms with Gasteiger partial charge in [0.15, 0.2) is 0 Å². The Kier molecular flexibility index (Phi) is 30.6. The van der Waals surface area contributed by atoms with E-state index in [9.17, 15) is 4.79 Å². The van der Waals surface area contributed by atoms with Crippen LogP contribution in [0.2, 0.25) is 0 Å². The van der Waals surface area contributed by atoms with Gasteiger partial charge in [0.1, 0.15) is 0 Å². The maximum absolute atomic E-state index is 11.9. The third kappa shape index (κ3) is 30.7. The zero-order valence-electron chi connectivity index (χ0n) is 24.5. The summed E-state index contributed by atoms with van der Waals surface area (Å²) in [4.78, 5) is 11.9. The Bertz CT molecular complexity index is 517. The summed E-state index contributed by atoms with van der Waals surface area (Å²) in [5, 5.41) is 0. The number of hydrogen-bond donors (Lipinski definition) is 0. The topological polar surface area (TPSA) is 26.3 Å². The number of ether oxygens (including phenoxy) is 1. The minimum Gasteiger partial charge on any atom is -0.466 e. The zero-order chi connectivity index (χ0) is 26.2. The molecule has 210 valence electrons. The molecular formula is C34H62O2. The van der Waals surface area contributed by atoms with Crippen LogP contribution in [-0.4, -0.2) is 12.6 Å². The van der Waals surface area contributed by atoms with Gasteiger partial charge in [0.05, 0.1) is 6.61 Å². The van der Waals surface area contributed by atoms with Gasteiger partial charge in [-0.2, -0.15) is 0 Å². The van der Waals surface area contributed by atoms with Crippen molar-refractivity contribution in [3.8, 4) is 0 Å². The predicted octanol–water partition coefficient (Wildman–Crippen LogP) is 11.6. The lowest BCUT2D eigenvalue weighted by molar-refractivity contribution is -0.143. The predicted molar refractivity (Wildman–Crippen MR) is 161 cm³/mol. The standard InChI is InChI=1S/C34H62O2/c1-3-5-7-9-11-13-15-17-18-19-21-23-25-27-29-31-33-36-34(35)32-30-28-26-24-22-20-16-14-12-10-8-6-4-2/h5,7,11,13,17-18H,3-4,6,8-10,12,14-16,19-33H2,1-2H3/b7-5-,13-11-,18-17-. The molecule has 0 spiro atoms. The summed E-state index contributed by atoms with van der Waals surface area (Å²) < 4.78 is 5.41. The molecule has 0 saturated carbocycles. The average molecular weight is 503 g/mol. The second kappa shape index (κ2) is 31.7. The Balaban J connectivity index is 3.24. The number of carbonyl (C=O) groups excluding carboxylic acids is 1. The summed E-state index contributed by atoms with van der Waals surface area (Å²) in [6.45, 7) is 5.06. The highest BCUT2D eigenvalue weighted by molar-refractivity contribution is 5.69. The minimum absolute atomic E-state index is 0.0112. The highest BCUT2D eigenvalue weighted by Crippen LogP contribution is 2.13. The number of hydrogen-bond acceptors (Lipinski definition) is 2. The van der Waals surface area contributed by atoms with Crippen molar-refractivity contribution in [1.82, 2.24) is 0 Å². The first-order valence-corrected chi connectivity index (χ1v) is 15.9. The van der Waals surface area contributed by atoms with Gasteiger partial charge in [-0.25, -0.2) is 0 Å². The lowest BCUT2D eigenvalue weighted by Gasteiger charge is -2.05. The number of esters is 1. The molecule has 0 unspecified atom stereocenters. The molecule has 0 aliphatic carbocycles. The van der Waals surface area contributed by atoms with Gasteiger partial charge >= 0.3 is 5.97 Å². The van der Waals surface area contributed by atoms with E-state index in [2.05, 4.69) is 50.3 Å². The van der Waals surface area contributed by atoms with E-state index in [1.165, 1.54) is 116 Å². The molecule has 0 rings (SSSR count). The van der Waals surface area contributed by atoms with Crippen LogP contribution < -0.4 is 0 Å². The van der Waals surface area contributed by atoms with E-state index in [0.29, 0.717) is 13.0 Å². The highest BCUT2D eigenvalue weighted by atomic mass is 16.5. The lowest BCUT2D eigenvalue weighted by atomic mass is 10.0. The summed E-state index contributed by atoms with van der Waals surface area (Å²) in [6.07, 6.45) is 43.3. The van der Waals surface area contributed by atoms with Crippen LogP contribution in [0, 0.1) is 0 Å². The molecule has 0 saturated heterocycles. The molecule has 0 aliphatic heterocycles. The fourth-order valence-corrected chi connectivity index (χ4v) is 4.44. The molecule has 0 aromatic carbocycles. The summed E-state index contributed by atoms with van der Waals surface area (Å²) in [7, 11) is 0. The van der Waals surface area contributed by atoms with Crippen LogP contribution in [0.1, 0.15) is 168 Å². The van der Waals surface area contributed by atoms with Crippen LogP contribution in [0.15, 0.2) is 36.5 Å². The van der Waals surface area contributed by atoms with Crippen LogP contribution in [-0.2, 0) is 9.53 Å². The van der Waals surface area contributed by atoms with Crippen molar-refractivity contribution in [1.29, 1.82) is 0 Å². The van der Waals surface area contributed by atoms with E-state index in [1.54, 1.807) is 0 Å². The lowest BCUT2D eigenvalue weighted by Crippen LogP contribution is -2.05. The molecule has 0 heterocycles. The summed E-state index contributed by atoms with van der Waals surface area (Å²) in [5.41, 5.74) is 0. The normalized spacial score (nSPS) is 11.9. The molecule has 0 atom stereocenters. The third-order valence-corrected chi connectivity index (χ3v) is 6.79. The Morgan fingerprint density at radius 3 is 1.50 bits per heavy atom. The molecule has 2 heteroatoms. The summed E-state index contributed by atoms with van der Waals surface area (Å²) in [6, 6.07) is 0. The molecule has 0 bridgehead atoms. The van der Waals surface area contributed by atoms with Crippen molar-refractivity contribution in [2.45, 2.75) is 168 Å². The van der Waals surface area contributed by atoms with Gasteiger partial charge in [0, 0.05) is 6.42 Å². The van der Waals surface area contributed by atoms with Crippen LogP contribution in [0.5, 0.6) is 0 Å². The molecule has 2 nitrogen and oxygen atoms in total. The van der Waals surface area contributed by atoms with Crippen molar-refractivity contribution in [2.75, 3.05) is 6.61 Å². The maximum atomic E-state index is 11.9. The Labute approximate surface area is 226 Å². The van der Waals surface area contributed by atoms with E-state index >= 15 is 0 Å². The second-order valence-corrected chi connectivity index (χ2v) is 10.4. The van der Waals surface area contributed by atoms with Crippen LogP contribution >= 0.6 is 0 Å². The van der Waals surface area contributed by atoms with Gasteiger partial charge in [0.2, 0.25) is 0 Å². The van der Waals surface area contributed by atoms with Gasteiger partial charge in [-0.05, 0) is 44.9 Å². The van der Waals surface area contributed by atoms with E-state index in [-0.39, 0.29) is 5.97 Å². The fourth-order valence-electron chi connectivity index (χ4n) is 4.44.